The van der Waals surface area contributed by atoms with Gasteiger partial charge in [-0.3, -0.25) is 4.90 Å². The molecule has 0 aromatic heterocycles. The Labute approximate surface area is 133 Å². The van der Waals surface area contributed by atoms with Gasteiger partial charge in [-0.1, -0.05) is 12.8 Å². The summed E-state index contributed by atoms with van der Waals surface area (Å²) in [6, 6.07) is 4.82. The van der Waals surface area contributed by atoms with Crippen molar-refractivity contribution in [3.63, 3.8) is 0 Å². The number of aliphatic hydroxyl groups excluding tert-OH is 1. The van der Waals surface area contributed by atoms with E-state index in [-0.39, 0.29) is 6.10 Å². The molecule has 0 spiro atoms. The van der Waals surface area contributed by atoms with Gasteiger partial charge in [0.05, 0.1) is 20.3 Å². The summed E-state index contributed by atoms with van der Waals surface area (Å²) in [6.45, 7) is 3.25. The summed E-state index contributed by atoms with van der Waals surface area (Å²) in [6.07, 6.45) is 5.24. The molecule has 1 aromatic rings. The quantitative estimate of drug-likeness (QED) is 0.932. The largest absolute Gasteiger partial charge is 0.493 e. The smallest absolute Gasteiger partial charge is 0.161 e. The lowest BCUT2D eigenvalue weighted by atomic mass is 9.86. The van der Waals surface area contributed by atoms with Crippen molar-refractivity contribution in [3.8, 4) is 11.5 Å². The summed E-state index contributed by atoms with van der Waals surface area (Å²) in [5, 5.41) is 10.4. The van der Waals surface area contributed by atoms with Crippen molar-refractivity contribution in [1.82, 2.24) is 4.90 Å². The maximum Gasteiger partial charge on any atom is 0.161 e. The van der Waals surface area contributed by atoms with Gasteiger partial charge in [-0.15, -0.1) is 0 Å². The normalized spacial score (nSPS) is 29.0. The third-order valence-corrected chi connectivity index (χ3v) is 5.35. The maximum atomic E-state index is 10.4. The van der Waals surface area contributed by atoms with Crippen LogP contribution < -0.4 is 9.47 Å². The lowest BCUT2D eigenvalue weighted by Gasteiger charge is -2.44. The highest BCUT2D eigenvalue weighted by molar-refractivity contribution is 5.49. The number of aliphatic hydroxyl groups is 1. The van der Waals surface area contributed by atoms with Crippen LogP contribution in [0.5, 0.6) is 11.5 Å². The Balaban J connectivity index is 1.89. The van der Waals surface area contributed by atoms with E-state index in [1.165, 1.54) is 17.5 Å². The Kier molecular flexibility index (Phi) is 4.59. The summed E-state index contributed by atoms with van der Waals surface area (Å²) in [5.41, 5.74) is 2.65. The van der Waals surface area contributed by atoms with Crippen LogP contribution in [0.15, 0.2) is 12.1 Å². The molecule has 1 aromatic carbocycles. The number of hydrogen-bond acceptors (Lipinski definition) is 4. The predicted octanol–water partition coefficient (Wildman–Crippen LogP) is 2.93. The van der Waals surface area contributed by atoms with Crippen LogP contribution >= 0.6 is 0 Å². The first kappa shape index (κ1) is 15.6. The molecule has 0 amide bonds. The molecule has 1 fully saturated rings. The minimum Gasteiger partial charge on any atom is -0.493 e. The van der Waals surface area contributed by atoms with Crippen LogP contribution in [0.1, 0.15) is 49.8 Å². The Bertz CT molecular complexity index is 531. The fourth-order valence-corrected chi connectivity index (χ4v) is 4.10. The molecule has 1 N–H and O–H groups in total. The molecule has 4 heteroatoms. The summed E-state index contributed by atoms with van der Waals surface area (Å²) in [5.74, 6) is 1.60. The second-order valence-electron chi connectivity index (χ2n) is 6.49. The summed E-state index contributed by atoms with van der Waals surface area (Å²) < 4.78 is 10.9. The fraction of sp³-hybridized carbons (Fsp3) is 0.667. The monoisotopic (exact) mass is 305 g/mol. The molecule has 0 bridgehead atoms. The number of hydrogen-bond donors (Lipinski definition) is 1. The van der Waals surface area contributed by atoms with Gasteiger partial charge in [0.25, 0.3) is 0 Å². The number of methoxy groups -OCH3 is 2. The van der Waals surface area contributed by atoms with Crippen molar-refractivity contribution in [2.24, 2.45) is 0 Å². The molecule has 1 saturated carbocycles. The van der Waals surface area contributed by atoms with Gasteiger partial charge in [0, 0.05) is 18.6 Å². The Morgan fingerprint density at radius 3 is 2.45 bits per heavy atom. The number of nitrogens with zero attached hydrogens (tertiary/aromatic N) is 1. The second-order valence-corrected chi connectivity index (χ2v) is 6.49. The van der Waals surface area contributed by atoms with Crippen molar-refractivity contribution < 1.29 is 14.6 Å². The van der Waals surface area contributed by atoms with Crippen LogP contribution in [0, 0.1) is 0 Å². The van der Waals surface area contributed by atoms with Crippen LogP contribution in [-0.2, 0) is 6.42 Å². The van der Waals surface area contributed by atoms with E-state index < -0.39 is 0 Å². The topological polar surface area (TPSA) is 41.9 Å². The summed E-state index contributed by atoms with van der Waals surface area (Å²) in [4.78, 5) is 2.48. The molecule has 3 atom stereocenters. The van der Waals surface area contributed by atoms with Crippen LogP contribution in [0.3, 0.4) is 0 Å². The summed E-state index contributed by atoms with van der Waals surface area (Å²) in [7, 11) is 3.36. The molecule has 2 aliphatic rings. The van der Waals surface area contributed by atoms with E-state index in [1.54, 1.807) is 14.2 Å². The van der Waals surface area contributed by atoms with Crippen LogP contribution in [0.2, 0.25) is 0 Å². The van der Waals surface area contributed by atoms with Gasteiger partial charge in [-0.25, -0.2) is 0 Å². The van der Waals surface area contributed by atoms with E-state index in [2.05, 4.69) is 24.0 Å². The van der Waals surface area contributed by atoms with Gasteiger partial charge in [0.2, 0.25) is 0 Å². The molecule has 1 aliphatic heterocycles. The zero-order valence-electron chi connectivity index (χ0n) is 13.8. The zero-order chi connectivity index (χ0) is 15.7. The molecule has 4 nitrogen and oxygen atoms in total. The highest BCUT2D eigenvalue weighted by Crippen LogP contribution is 2.40. The van der Waals surface area contributed by atoms with Crippen LogP contribution in [0.4, 0.5) is 0 Å². The van der Waals surface area contributed by atoms with E-state index in [4.69, 9.17) is 9.47 Å². The lowest BCUT2D eigenvalue weighted by molar-refractivity contribution is -0.00235. The molecule has 22 heavy (non-hydrogen) atoms. The van der Waals surface area contributed by atoms with E-state index in [0.29, 0.717) is 12.1 Å². The van der Waals surface area contributed by atoms with Crippen LogP contribution in [-0.4, -0.2) is 42.9 Å². The van der Waals surface area contributed by atoms with Crippen LogP contribution in [0.25, 0.3) is 0 Å². The van der Waals surface area contributed by atoms with Crippen molar-refractivity contribution in [1.29, 1.82) is 0 Å². The number of fused-ring (bicyclic) bond motifs is 1. The molecule has 3 rings (SSSR count). The van der Waals surface area contributed by atoms with E-state index >= 15 is 0 Å². The van der Waals surface area contributed by atoms with E-state index in [0.717, 1.165) is 43.7 Å². The van der Waals surface area contributed by atoms with Gasteiger partial charge in [-0.05, 0) is 49.4 Å². The third-order valence-electron chi connectivity index (χ3n) is 5.35. The van der Waals surface area contributed by atoms with Gasteiger partial charge in [-0.2, -0.15) is 0 Å². The van der Waals surface area contributed by atoms with E-state index in [1.807, 2.05) is 0 Å². The average molecular weight is 305 g/mol. The minimum absolute atomic E-state index is 0.183. The van der Waals surface area contributed by atoms with Crippen molar-refractivity contribution in [2.45, 2.75) is 57.2 Å². The molecular weight excluding hydrogens is 278 g/mol. The maximum absolute atomic E-state index is 10.4. The molecular formula is C18H27NO3. The van der Waals surface area contributed by atoms with Gasteiger partial charge in [0.1, 0.15) is 0 Å². The summed E-state index contributed by atoms with van der Waals surface area (Å²) >= 11 is 0. The molecule has 0 saturated heterocycles. The first-order valence-corrected chi connectivity index (χ1v) is 8.34. The predicted molar refractivity (Wildman–Crippen MR) is 86.6 cm³/mol. The van der Waals surface area contributed by atoms with Crippen molar-refractivity contribution in [3.05, 3.63) is 23.3 Å². The fourth-order valence-electron chi connectivity index (χ4n) is 4.10. The molecule has 122 valence electrons. The third kappa shape index (κ3) is 2.70. The van der Waals surface area contributed by atoms with Gasteiger partial charge in [0.15, 0.2) is 11.5 Å². The number of ether oxygens (including phenoxy) is 2. The second kappa shape index (κ2) is 6.47. The van der Waals surface area contributed by atoms with Crippen molar-refractivity contribution in [2.75, 3.05) is 20.8 Å². The zero-order valence-corrected chi connectivity index (χ0v) is 13.8. The number of benzene rings is 1. The van der Waals surface area contributed by atoms with Crippen molar-refractivity contribution >= 4 is 0 Å². The van der Waals surface area contributed by atoms with E-state index in [9.17, 15) is 5.11 Å². The number of rotatable bonds is 3. The molecule has 0 radical (unpaired) electrons. The average Bonchev–Trinajstić information content (AvgIpc) is 2.55. The van der Waals surface area contributed by atoms with Gasteiger partial charge >= 0.3 is 0 Å². The first-order chi connectivity index (χ1) is 10.7. The molecule has 3 unspecified atom stereocenters. The standard InChI is InChI=1S/C18H27NO3/c1-12-14-11-18(22-3)17(21-2)10-13(14)8-9-19(12)15-6-4-5-7-16(15)20/h10-12,15-16,20H,4-9H2,1-3H3. The highest BCUT2D eigenvalue weighted by Gasteiger charge is 2.35. The minimum atomic E-state index is -0.183. The molecule has 1 aliphatic carbocycles. The Morgan fingerprint density at radius 2 is 1.77 bits per heavy atom. The highest BCUT2D eigenvalue weighted by atomic mass is 16.5. The SMILES string of the molecule is COc1cc2c(cc1OC)C(C)N(C1CCCCC1O)CC2. The van der Waals surface area contributed by atoms with Gasteiger partial charge < -0.3 is 14.6 Å². The first-order valence-electron chi connectivity index (χ1n) is 8.34. The lowest BCUT2D eigenvalue weighted by Crippen LogP contribution is -2.49. The Hall–Kier alpha value is -1.26. The Morgan fingerprint density at radius 1 is 1.09 bits per heavy atom. The molecule has 1 heterocycles.